The van der Waals surface area contributed by atoms with E-state index in [9.17, 15) is 0 Å². The molecular formula is C19H19IN2. The molecule has 1 atom stereocenters. The normalized spacial score (nSPS) is 21.0. The lowest BCUT2D eigenvalue weighted by Gasteiger charge is -2.34. The number of nitrogens with one attached hydrogen (secondary N) is 1. The molecule has 22 heavy (non-hydrogen) atoms. The lowest BCUT2D eigenvalue weighted by Crippen LogP contribution is -2.42. The topological polar surface area (TPSA) is 41.8 Å². The van der Waals surface area contributed by atoms with Gasteiger partial charge in [-0.2, -0.15) is 0 Å². The molecule has 0 radical (unpaired) electrons. The maximum atomic E-state index is 6.87. The van der Waals surface area contributed by atoms with Gasteiger partial charge in [-0.25, -0.2) is 0 Å². The minimum absolute atomic E-state index is 0.278. The van der Waals surface area contributed by atoms with Gasteiger partial charge >= 0.3 is 0 Å². The highest BCUT2D eigenvalue weighted by Crippen LogP contribution is 2.39. The summed E-state index contributed by atoms with van der Waals surface area (Å²) in [6, 6.07) is 17.2. The van der Waals surface area contributed by atoms with Gasteiger partial charge in [0.15, 0.2) is 0 Å². The highest BCUT2D eigenvalue weighted by Gasteiger charge is 2.35. The van der Waals surface area contributed by atoms with Gasteiger partial charge < -0.3 is 10.7 Å². The second-order valence-corrected chi connectivity index (χ2v) is 7.59. The Hall–Kier alpha value is -1.33. The molecule has 0 amide bonds. The molecule has 0 bridgehead atoms. The Bertz CT molecular complexity index is 822. The summed E-state index contributed by atoms with van der Waals surface area (Å²) in [5, 5.41) is 1.35. The van der Waals surface area contributed by atoms with E-state index in [1.807, 2.05) is 0 Å². The van der Waals surface area contributed by atoms with Gasteiger partial charge in [-0.1, -0.05) is 30.3 Å². The van der Waals surface area contributed by atoms with Crippen LogP contribution in [0.2, 0.25) is 0 Å². The average molecular weight is 402 g/mol. The fraction of sp³-hybridized carbons (Fsp3) is 0.263. The molecule has 0 aliphatic heterocycles. The molecule has 1 unspecified atom stereocenters. The highest BCUT2D eigenvalue weighted by molar-refractivity contribution is 14.1. The molecule has 2 nitrogen and oxygen atoms in total. The number of nitrogens with two attached hydrogens (primary N) is 1. The smallest absolute Gasteiger partial charge is 0.0605 e. The molecule has 3 heteroatoms. The van der Waals surface area contributed by atoms with E-state index in [0.29, 0.717) is 0 Å². The van der Waals surface area contributed by atoms with Crippen molar-refractivity contribution in [3.63, 3.8) is 0 Å². The molecule has 0 saturated carbocycles. The number of benzene rings is 2. The summed E-state index contributed by atoms with van der Waals surface area (Å²) >= 11 is 2.38. The molecular weight excluding hydrogens is 383 g/mol. The lowest BCUT2D eigenvalue weighted by atomic mass is 9.77. The number of rotatable bonds is 2. The minimum Gasteiger partial charge on any atom is -0.357 e. The Morgan fingerprint density at radius 3 is 2.77 bits per heavy atom. The van der Waals surface area contributed by atoms with Gasteiger partial charge in [-0.05, 0) is 77.6 Å². The molecule has 112 valence electrons. The van der Waals surface area contributed by atoms with Crippen LogP contribution in [0.5, 0.6) is 0 Å². The van der Waals surface area contributed by atoms with Gasteiger partial charge in [0.05, 0.1) is 5.54 Å². The van der Waals surface area contributed by atoms with E-state index in [-0.39, 0.29) is 5.54 Å². The Morgan fingerprint density at radius 2 is 1.95 bits per heavy atom. The van der Waals surface area contributed by atoms with Crippen LogP contribution in [0.25, 0.3) is 10.9 Å². The Labute approximate surface area is 144 Å². The Balaban J connectivity index is 1.83. The van der Waals surface area contributed by atoms with Crippen molar-refractivity contribution in [2.45, 2.75) is 31.2 Å². The zero-order valence-electron chi connectivity index (χ0n) is 12.4. The van der Waals surface area contributed by atoms with E-state index in [1.54, 1.807) is 0 Å². The van der Waals surface area contributed by atoms with Gasteiger partial charge in [0.1, 0.15) is 0 Å². The van der Waals surface area contributed by atoms with Crippen molar-refractivity contribution in [1.82, 2.24) is 4.98 Å². The first-order chi connectivity index (χ1) is 10.7. The molecule has 1 aliphatic rings. The summed E-state index contributed by atoms with van der Waals surface area (Å²) in [6.45, 7) is 0. The molecule has 4 rings (SSSR count). The molecule has 0 fully saturated rings. The van der Waals surface area contributed by atoms with Crippen LogP contribution in [0.15, 0.2) is 48.5 Å². The summed E-state index contributed by atoms with van der Waals surface area (Å²) in [7, 11) is 0. The largest absolute Gasteiger partial charge is 0.357 e. The van der Waals surface area contributed by atoms with E-state index in [4.69, 9.17) is 5.73 Å². The van der Waals surface area contributed by atoms with Crippen LogP contribution in [0, 0.1) is 3.57 Å². The third-order valence-electron chi connectivity index (χ3n) is 4.78. The van der Waals surface area contributed by atoms with Crippen molar-refractivity contribution < 1.29 is 0 Å². The SMILES string of the molecule is NC1(Cc2ccccc2)CCCc2c1[nH]c1ccc(I)cc21. The number of halogens is 1. The van der Waals surface area contributed by atoms with Crippen LogP contribution in [0.1, 0.15) is 29.7 Å². The molecule has 3 aromatic rings. The third-order valence-corrected chi connectivity index (χ3v) is 5.45. The predicted octanol–water partition coefficient (Wildman–Crippen LogP) is 4.51. The number of hydrogen-bond acceptors (Lipinski definition) is 1. The second-order valence-electron chi connectivity index (χ2n) is 6.34. The predicted molar refractivity (Wildman–Crippen MR) is 100.0 cm³/mol. The Morgan fingerprint density at radius 1 is 1.14 bits per heavy atom. The van der Waals surface area contributed by atoms with Gasteiger partial charge in [0.2, 0.25) is 0 Å². The highest BCUT2D eigenvalue weighted by atomic mass is 127. The maximum Gasteiger partial charge on any atom is 0.0605 e. The summed E-state index contributed by atoms with van der Waals surface area (Å²) in [5.41, 5.74) is 11.8. The summed E-state index contributed by atoms with van der Waals surface area (Å²) in [5.74, 6) is 0. The van der Waals surface area contributed by atoms with Crippen molar-refractivity contribution in [2.24, 2.45) is 5.73 Å². The average Bonchev–Trinajstić information content (AvgIpc) is 2.88. The number of aromatic nitrogens is 1. The molecule has 2 aromatic carbocycles. The van der Waals surface area contributed by atoms with Crippen LogP contribution < -0.4 is 5.73 Å². The van der Waals surface area contributed by atoms with Crippen LogP contribution >= 0.6 is 22.6 Å². The number of H-pyrrole nitrogens is 1. The number of fused-ring (bicyclic) bond motifs is 3. The summed E-state index contributed by atoms with van der Waals surface area (Å²) in [6.07, 6.45) is 4.22. The number of aryl methyl sites for hydroxylation is 1. The van der Waals surface area contributed by atoms with Gasteiger partial charge in [0, 0.05) is 20.2 Å². The molecule has 0 saturated heterocycles. The third kappa shape index (κ3) is 2.36. The van der Waals surface area contributed by atoms with Crippen LogP contribution in [0.4, 0.5) is 0 Å². The van der Waals surface area contributed by atoms with E-state index in [2.05, 4.69) is 76.1 Å². The van der Waals surface area contributed by atoms with E-state index >= 15 is 0 Å². The monoisotopic (exact) mass is 402 g/mol. The van der Waals surface area contributed by atoms with E-state index in [0.717, 1.165) is 25.7 Å². The zero-order chi connectivity index (χ0) is 15.2. The number of hydrogen-bond donors (Lipinski definition) is 2. The first-order valence-electron chi connectivity index (χ1n) is 7.79. The van der Waals surface area contributed by atoms with Crippen LogP contribution in [-0.4, -0.2) is 4.98 Å². The van der Waals surface area contributed by atoms with Gasteiger partial charge in [-0.15, -0.1) is 0 Å². The van der Waals surface area contributed by atoms with Crippen molar-refractivity contribution in [3.8, 4) is 0 Å². The van der Waals surface area contributed by atoms with Crippen molar-refractivity contribution in [3.05, 3.63) is 68.9 Å². The first kappa shape index (κ1) is 14.3. The quantitative estimate of drug-likeness (QED) is 0.609. The fourth-order valence-electron chi connectivity index (χ4n) is 3.75. The molecule has 3 N–H and O–H groups in total. The molecule has 1 aromatic heterocycles. The maximum absolute atomic E-state index is 6.87. The zero-order valence-corrected chi connectivity index (χ0v) is 14.6. The molecule has 1 aliphatic carbocycles. The lowest BCUT2D eigenvalue weighted by molar-refractivity contribution is 0.362. The van der Waals surface area contributed by atoms with Crippen LogP contribution in [0.3, 0.4) is 0 Å². The van der Waals surface area contributed by atoms with Crippen molar-refractivity contribution in [2.75, 3.05) is 0 Å². The van der Waals surface area contributed by atoms with Crippen molar-refractivity contribution >= 4 is 33.5 Å². The molecule has 0 spiro atoms. The van der Waals surface area contributed by atoms with E-state index in [1.165, 1.54) is 31.3 Å². The number of aromatic amines is 1. The van der Waals surface area contributed by atoms with E-state index < -0.39 is 0 Å². The molecule has 1 heterocycles. The fourth-order valence-corrected chi connectivity index (χ4v) is 4.24. The van der Waals surface area contributed by atoms with Gasteiger partial charge in [-0.3, -0.25) is 0 Å². The summed E-state index contributed by atoms with van der Waals surface area (Å²) in [4.78, 5) is 3.63. The Kier molecular flexibility index (Phi) is 3.50. The van der Waals surface area contributed by atoms with Crippen molar-refractivity contribution in [1.29, 1.82) is 0 Å². The second kappa shape index (κ2) is 5.39. The standard InChI is InChI=1S/C19H19IN2/c20-14-8-9-17-16(11-14)15-7-4-10-19(21,18(15)22-17)12-13-5-2-1-3-6-13/h1-3,5-6,8-9,11,22H,4,7,10,12,21H2. The summed E-state index contributed by atoms with van der Waals surface area (Å²) < 4.78 is 1.28. The van der Waals surface area contributed by atoms with Crippen LogP contribution in [-0.2, 0) is 18.4 Å². The minimum atomic E-state index is -0.278. The first-order valence-corrected chi connectivity index (χ1v) is 8.87. The van der Waals surface area contributed by atoms with Gasteiger partial charge in [0.25, 0.3) is 0 Å².